The lowest BCUT2D eigenvalue weighted by Gasteiger charge is -2.40. The standard InChI is InChI=1S/C17H21BrF2N2O3/c1-10-9-21(7-8-22(10)16(24)25-17(2,3)4)15(23)11-5-6-12(18)14(20)13(11)19/h5-6,10H,7-9H2,1-4H3/t10-/m0/s1. The van der Waals surface area contributed by atoms with Crippen LogP contribution in [-0.2, 0) is 4.74 Å². The molecule has 1 fully saturated rings. The number of benzene rings is 1. The third-order valence-electron chi connectivity index (χ3n) is 3.81. The number of halogens is 3. The maximum atomic E-state index is 14.0. The van der Waals surface area contributed by atoms with Crippen molar-refractivity contribution in [3.63, 3.8) is 0 Å². The first-order valence-electron chi connectivity index (χ1n) is 7.93. The van der Waals surface area contributed by atoms with Crippen molar-refractivity contribution in [3.05, 3.63) is 33.8 Å². The van der Waals surface area contributed by atoms with E-state index < -0.39 is 29.2 Å². The van der Waals surface area contributed by atoms with E-state index in [0.29, 0.717) is 0 Å². The average Bonchev–Trinajstić information content (AvgIpc) is 2.50. The number of hydrogen-bond acceptors (Lipinski definition) is 3. The highest BCUT2D eigenvalue weighted by molar-refractivity contribution is 9.10. The van der Waals surface area contributed by atoms with Gasteiger partial charge in [0.1, 0.15) is 5.60 Å². The van der Waals surface area contributed by atoms with Crippen LogP contribution < -0.4 is 0 Å². The zero-order chi connectivity index (χ0) is 18.9. The molecular formula is C17H21BrF2N2O3. The van der Waals surface area contributed by atoms with Gasteiger partial charge in [-0.2, -0.15) is 0 Å². The van der Waals surface area contributed by atoms with Crippen LogP contribution in [0.2, 0.25) is 0 Å². The molecule has 1 aromatic rings. The van der Waals surface area contributed by atoms with Crippen molar-refractivity contribution in [2.24, 2.45) is 0 Å². The Labute approximate surface area is 154 Å². The number of rotatable bonds is 1. The summed E-state index contributed by atoms with van der Waals surface area (Å²) in [5.74, 6) is -2.87. The molecule has 0 spiro atoms. The molecule has 5 nitrogen and oxygen atoms in total. The van der Waals surface area contributed by atoms with E-state index in [-0.39, 0.29) is 35.7 Å². The summed E-state index contributed by atoms with van der Waals surface area (Å²) in [6.45, 7) is 7.82. The van der Waals surface area contributed by atoms with Crippen molar-refractivity contribution < 1.29 is 23.1 Å². The van der Waals surface area contributed by atoms with Gasteiger partial charge < -0.3 is 14.5 Å². The third-order valence-corrected chi connectivity index (χ3v) is 4.42. The lowest BCUT2D eigenvalue weighted by atomic mass is 10.1. The Balaban J connectivity index is 2.09. The Kier molecular flexibility index (Phi) is 5.71. The van der Waals surface area contributed by atoms with Gasteiger partial charge in [-0.25, -0.2) is 13.6 Å². The molecule has 0 aromatic heterocycles. The first kappa shape index (κ1) is 19.6. The van der Waals surface area contributed by atoms with Crippen LogP contribution in [-0.4, -0.2) is 53.1 Å². The van der Waals surface area contributed by atoms with Crippen molar-refractivity contribution in [2.75, 3.05) is 19.6 Å². The molecule has 0 bridgehead atoms. The van der Waals surface area contributed by atoms with Crippen LogP contribution in [0.5, 0.6) is 0 Å². The van der Waals surface area contributed by atoms with Crippen molar-refractivity contribution >= 4 is 27.9 Å². The second-order valence-corrected chi connectivity index (χ2v) is 7.85. The average molecular weight is 419 g/mol. The number of piperazine rings is 1. The second kappa shape index (κ2) is 7.27. The number of carbonyl (C=O) groups excluding carboxylic acids is 2. The molecule has 0 radical (unpaired) electrons. The summed E-state index contributed by atoms with van der Waals surface area (Å²) in [7, 11) is 0. The third kappa shape index (κ3) is 4.48. The van der Waals surface area contributed by atoms with Crippen molar-refractivity contribution in [2.45, 2.75) is 39.3 Å². The van der Waals surface area contributed by atoms with Gasteiger partial charge in [0, 0.05) is 25.7 Å². The minimum Gasteiger partial charge on any atom is -0.444 e. The summed E-state index contributed by atoms with van der Waals surface area (Å²) in [6.07, 6.45) is -0.451. The summed E-state index contributed by atoms with van der Waals surface area (Å²) in [5, 5.41) is 0. The molecule has 1 aliphatic heterocycles. The van der Waals surface area contributed by atoms with Gasteiger partial charge in [0.05, 0.1) is 10.0 Å². The molecule has 8 heteroatoms. The van der Waals surface area contributed by atoms with Gasteiger partial charge in [0.25, 0.3) is 5.91 Å². The molecule has 25 heavy (non-hydrogen) atoms. The maximum absolute atomic E-state index is 14.0. The minimum atomic E-state index is -1.18. The van der Waals surface area contributed by atoms with E-state index in [4.69, 9.17) is 4.74 Å². The fourth-order valence-electron chi connectivity index (χ4n) is 2.60. The highest BCUT2D eigenvalue weighted by atomic mass is 79.9. The summed E-state index contributed by atoms with van der Waals surface area (Å²) < 4.78 is 33.0. The van der Waals surface area contributed by atoms with E-state index in [1.165, 1.54) is 21.9 Å². The fraction of sp³-hybridized carbons (Fsp3) is 0.529. The van der Waals surface area contributed by atoms with Gasteiger partial charge in [-0.05, 0) is 55.8 Å². The monoisotopic (exact) mass is 418 g/mol. The Bertz CT molecular complexity index is 691. The topological polar surface area (TPSA) is 49.9 Å². The fourth-order valence-corrected chi connectivity index (χ4v) is 2.90. The molecule has 0 aliphatic carbocycles. The van der Waals surface area contributed by atoms with E-state index in [1.54, 1.807) is 27.7 Å². The summed E-state index contributed by atoms with van der Waals surface area (Å²) in [4.78, 5) is 27.6. The molecule has 138 valence electrons. The van der Waals surface area contributed by atoms with Gasteiger partial charge in [0.2, 0.25) is 0 Å². The van der Waals surface area contributed by atoms with E-state index in [2.05, 4.69) is 15.9 Å². The molecule has 0 unspecified atom stereocenters. The van der Waals surface area contributed by atoms with Crippen LogP contribution in [0.1, 0.15) is 38.1 Å². The van der Waals surface area contributed by atoms with Crippen LogP contribution in [0.3, 0.4) is 0 Å². The zero-order valence-corrected chi connectivity index (χ0v) is 16.2. The first-order chi connectivity index (χ1) is 11.5. The summed E-state index contributed by atoms with van der Waals surface area (Å²) in [5.41, 5.74) is -0.930. The summed E-state index contributed by atoms with van der Waals surface area (Å²) in [6, 6.07) is 2.25. The van der Waals surface area contributed by atoms with E-state index >= 15 is 0 Å². The molecular weight excluding hydrogens is 398 g/mol. The van der Waals surface area contributed by atoms with E-state index in [9.17, 15) is 18.4 Å². The molecule has 1 aromatic carbocycles. The van der Waals surface area contributed by atoms with E-state index in [0.717, 1.165) is 0 Å². The number of hydrogen-bond donors (Lipinski definition) is 0. The molecule has 0 saturated carbocycles. The van der Waals surface area contributed by atoms with Gasteiger partial charge in [-0.1, -0.05) is 0 Å². The molecule has 0 N–H and O–H groups in total. The first-order valence-corrected chi connectivity index (χ1v) is 8.73. The minimum absolute atomic E-state index is 0.0373. The maximum Gasteiger partial charge on any atom is 0.410 e. The van der Waals surface area contributed by atoms with Crippen LogP contribution in [0, 0.1) is 11.6 Å². The highest BCUT2D eigenvalue weighted by Crippen LogP contribution is 2.23. The smallest absolute Gasteiger partial charge is 0.410 e. The number of amides is 2. The quantitative estimate of drug-likeness (QED) is 0.651. The van der Waals surface area contributed by atoms with Crippen molar-refractivity contribution in [3.8, 4) is 0 Å². The lowest BCUT2D eigenvalue weighted by Crippen LogP contribution is -2.56. The highest BCUT2D eigenvalue weighted by Gasteiger charge is 2.33. The second-order valence-electron chi connectivity index (χ2n) is 7.00. The van der Waals surface area contributed by atoms with E-state index in [1.807, 2.05) is 0 Å². The Morgan fingerprint density at radius 3 is 2.40 bits per heavy atom. The SMILES string of the molecule is C[C@H]1CN(C(=O)c2ccc(Br)c(F)c2F)CCN1C(=O)OC(C)(C)C. The van der Waals surface area contributed by atoms with Gasteiger partial charge >= 0.3 is 6.09 Å². The largest absolute Gasteiger partial charge is 0.444 e. The summed E-state index contributed by atoms with van der Waals surface area (Å²) >= 11 is 2.88. The molecule has 2 rings (SSSR count). The number of carbonyl (C=O) groups is 2. The Morgan fingerprint density at radius 1 is 1.20 bits per heavy atom. The Morgan fingerprint density at radius 2 is 1.84 bits per heavy atom. The zero-order valence-electron chi connectivity index (χ0n) is 14.6. The van der Waals surface area contributed by atoms with Gasteiger partial charge in [-0.15, -0.1) is 0 Å². The van der Waals surface area contributed by atoms with Crippen molar-refractivity contribution in [1.29, 1.82) is 0 Å². The molecule has 2 amide bonds. The normalized spacial score (nSPS) is 18.3. The van der Waals surface area contributed by atoms with Gasteiger partial charge in [0.15, 0.2) is 11.6 Å². The number of ether oxygens (including phenoxy) is 1. The van der Waals surface area contributed by atoms with Crippen molar-refractivity contribution in [1.82, 2.24) is 9.80 Å². The van der Waals surface area contributed by atoms with Crippen LogP contribution in [0.15, 0.2) is 16.6 Å². The molecule has 1 atom stereocenters. The molecule has 1 aliphatic rings. The predicted octanol–water partition coefficient (Wildman–Crippen LogP) is 3.81. The Hall–Kier alpha value is -1.70. The van der Waals surface area contributed by atoms with Gasteiger partial charge in [-0.3, -0.25) is 4.79 Å². The molecule has 1 saturated heterocycles. The lowest BCUT2D eigenvalue weighted by molar-refractivity contribution is 0.00189. The molecule has 1 heterocycles. The number of nitrogens with zero attached hydrogens (tertiary/aromatic N) is 2. The van der Waals surface area contributed by atoms with Crippen LogP contribution in [0.4, 0.5) is 13.6 Å². The van der Waals surface area contributed by atoms with Crippen LogP contribution >= 0.6 is 15.9 Å². The predicted molar refractivity (Wildman–Crippen MR) is 92.4 cm³/mol. The van der Waals surface area contributed by atoms with Crippen LogP contribution in [0.25, 0.3) is 0 Å².